The number of hydrogen-bond donors (Lipinski definition) is 0. The zero-order valence-electron chi connectivity index (χ0n) is 11.2. The van der Waals surface area contributed by atoms with Crippen LogP contribution in [0.5, 0.6) is 11.5 Å². The molecule has 0 aliphatic rings. The predicted octanol–water partition coefficient (Wildman–Crippen LogP) is 4.41. The molecule has 0 unspecified atom stereocenters. The Morgan fingerprint density at radius 3 is 2.05 bits per heavy atom. The number of rotatable bonds is 3. The first-order valence-electron chi connectivity index (χ1n) is 6.55. The van der Waals surface area contributed by atoms with Gasteiger partial charge in [-0.25, -0.2) is 4.98 Å². The molecule has 0 spiro atoms. The van der Waals surface area contributed by atoms with E-state index in [2.05, 4.69) is 17.1 Å². The molecule has 0 bridgehead atoms. The second-order valence-electron chi connectivity index (χ2n) is 4.48. The first kappa shape index (κ1) is 12.9. The topological polar surface area (TPSA) is 45.9 Å². The average Bonchev–Trinajstić information content (AvgIpc) is 2.57. The third kappa shape index (κ3) is 3.07. The quantitative estimate of drug-likeness (QED) is 0.709. The SMILES string of the molecule is N#Cc1ccc(Oc2ccc(-c3ccccc3)cc2)cn1. The zero-order valence-corrected chi connectivity index (χ0v) is 11.2. The summed E-state index contributed by atoms with van der Waals surface area (Å²) in [5.41, 5.74) is 2.69. The third-order valence-corrected chi connectivity index (χ3v) is 3.05. The fourth-order valence-corrected chi connectivity index (χ4v) is 1.99. The molecular formula is C18H12N2O. The molecule has 3 nitrogen and oxygen atoms in total. The van der Waals surface area contributed by atoms with Crippen LogP contribution in [-0.4, -0.2) is 4.98 Å². The summed E-state index contributed by atoms with van der Waals surface area (Å²) in [5.74, 6) is 1.35. The highest BCUT2D eigenvalue weighted by atomic mass is 16.5. The Hall–Kier alpha value is -3.12. The van der Waals surface area contributed by atoms with Crippen molar-refractivity contribution in [2.45, 2.75) is 0 Å². The molecule has 0 radical (unpaired) electrons. The molecular weight excluding hydrogens is 260 g/mol. The number of aromatic nitrogens is 1. The monoisotopic (exact) mass is 272 g/mol. The molecule has 0 saturated carbocycles. The largest absolute Gasteiger partial charge is 0.456 e. The van der Waals surface area contributed by atoms with Crippen molar-refractivity contribution in [2.24, 2.45) is 0 Å². The van der Waals surface area contributed by atoms with Crippen LogP contribution >= 0.6 is 0 Å². The van der Waals surface area contributed by atoms with Gasteiger partial charge >= 0.3 is 0 Å². The first-order valence-corrected chi connectivity index (χ1v) is 6.55. The molecule has 0 fully saturated rings. The van der Waals surface area contributed by atoms with Gasteiger partial charge in [0.2, 0.25) is 0 Å². The van der Waals surface area contributed by atoms with Crippen molar-refractivity contribution >= 4 is 0 Å². The van der Waals surface area contributed by atoms with Crippen molar-refractivity contribution < 1.29 is 4.74 Å². The highest BCUT2D eigenvalue weighted by Crippen LogP contribution is 2.25. The Bertz CT molecular complexity index is 757. The zero-order chi connectivity index (χ0) is 14.5. The van der Waals surface area contributed by atoms with E-state index >= 15 is 0 Å². The number of pyridine rings is 1. The average molecular weight is 272 g/mol. The van der Waals surface area contributed by atoms with Gasteiger partial charge in [0.15, 0.2) is 0 Å². The maximum absolute atomic E-state index is 8.70. The smallest absolute Gasteiger partial charge is 0.145 e. The van der Waals surface area contributed by atoms with Gasteiger partial charge in [-0.05, 0) is 35.4 Å². The Balaban J connectivity index is 1.76. The van der Waals surface area contributed by atoms with Crippen LogP contribution in [-0.2, 0) is 0 Å². The summed E-state index contributed by atoms with van der Waals surface area (Å²) >= 11 is 0. The van der Waals surface area contributed by atoms with Crippen LogP contribution < -0.4 is 4.74 Å². The van der Waals surface area contributed by atoms with E-state index in [1.807, 2.05) is 48.5 Å². The summed E-state index contributed by atoms with van der Waals surface area (Å²) in [4.78, 5) is 3.97. The number of hydrogen-bond acceptors (Lipinski definition) is 3. The second kappa shape index (κ2) is 5.89. The molecule has 0 aliphatic heterocycles. The van der Waals surface area contributed by atoms with Gasteiger partial charge in [-0.3, -0.25) is 0 Å². The summed E-state index contributed by atoms with van der Waals surface area (Å²) in [7, 11) is 0. The minimum absolute atomic E-state index is 0.377. The minimum Gasteiger partial charge on any atom is -0.456 e. The van der Waals surface area contributed by atoms with Crippen LogP contribution in [0.3, 0.4) is 0 Å². The van der Waals surface area contributed by atoms with Gasteiger partial charge in [-0.2, -0.15) is 5.26 Å². The van der Waals surface area contributed by atoms with Crippen molar-refractivity contribution in [3.05, 3.63) is 78.6 Å². The molecule has 0 amide bonds. The summed E-state index contributed by atoms with van der Waals surface area (Å²) in [6.45, 7) is 0. The van der Waals surface area contributed by atoms with Gasteiger partial charge in [-0.15, -0.1) is 0 Å². The van der Waals surface area contributed by atoms with E-state index in [0.717, 1.165) is 11.3 Å². The summed E-state index contributed by atoms with van der Waals surface area (Å²) in [5, 5.41) is 8.70. The van der Waals surface area contributed by atoms with Gasteiger partial charge in [-0.1, -0.05) is 42.5 Å². The van der Waals surface area contributed by atoms with E-state index in [-0.39, 0.29) is 0 Å². The molecule has 0 aliphatic carbocycles. The van der Waals surface area contributed by atoms with Gasteiger partial charge in [0.1, 0.15) is 23.3 Å². The molecule has 0 N–H and O–H groups in total. The lowest BCUT2D eigenvalue weighted by Crippen LogP contribution is -1.87. The molecule has 3 rings (SSSR count). The lowest BCUT2D eigenvalue weighted by molar-refractivity contribution is 0.480. The Morgan fingerprint density at radius 2 is 1.43 bits per heavy atom. The van der Waals surface area contributed by atoms with E-state index < -0.39 is 0 Å². The number of nitriles is 1. The summed E-state index contributed by atoms with van der Waals surface area (Å²) in [6.07, 6.45) is 1.55. The van der Waals surface area contributed by atoms with Gasteiger partial charge in [0, 0.05) is 0 Å². The Kier molecular flexibility index (Phi) is 3.62. The van der Waals surface area contributed by atoms with Gasteiger partial charge in [0.05, 0.1) is 6.20 Å². The molecule has 2 aromatic carbocycles. The van der Waals surface area contributed by atoms with Crippen molar-refractivity contribution in [2.75, 3.05) is 0 Å². The fraction of sp³-hybridized carbons (Fsp3) is 0. The molecule has 21 heavy (non-hydrogen) atoms. The standard InChI is InChI=1S/C18H12N2O/c19-12-16-8-11-18(13-20-16)21-17-9-6-15(7-10-17)14-4-2-1-3-5-14/h1-11,13H. The highest BCUT2D eigenvalue weighted by molar-refractivity contribution is 5.64. The maximum atomic E-state index is 8.70. The number of nitrogens with zero attached hydrogens (tertiary/aromatic N) is 2. The van der Waals surface area contributed by atoms with E-state index in [0.29, 0.717) is 11.4 Å². The highest BCUT2D eigenvalue weighted by Gasteiger charge is 2.00. The minimum atomic E-state index is 0.377. The molecule has 1 aromatic heterocycles. The van der Waals surface area contributed by atoms with Crippen LogP contribution in [0.15, 0.2) is 72.9 Å². The molecule has 100 valence electrons. The lowest BCUT2D eigenvalue weighted by Gasteiger charge is -2.06. The van der Waals surface area contributed by atoms with Crippen molar-refractivity contribution in [1.82, 2.24) is 4.98 Å². The van der Waals surface area contributed by atoms with Gasteiger partial charge in [0.25, 0.3) is 0 Å². The van der Waals surface area contributed by atoms with Crippen LogP contribution in [0, 0.1) is 11.3 Å². The van der Waals surface area contributed by atoms with Crippen molar-refractivity contribution in [3.8, 4) is 28.7 Å². The number of benzene rings is 2. The van der Waals surface area contributed by atoms with Crippen molar-refractivity contribution in [1.29, 1.82) is 5.26 Å². The Labute approximate surface area is 123 Å². The van der Waals surface area contributed by atoms with E-state index in [1.54, 1.807) is 18.3 Å². The molecule has 1 heterocycles. The predicted molar refractivity (Wildman–Crippen MR) is 80.9 cm³/mol. The maximum Gasteiger partial charge on any atom is 0.145 e. The van der Waals surface area contributed by atoms with Crippen LogP contribution in [0.4, 0.5) is 0 Å². The van der Waals surface area contributed by atoms with Gasteiger partial charge < -0.3 is 4.74 Å². The second-order valence-corrected chi connectivity index (χ2v) is 4.48. The van der Waals surface area contributed by atoms with Crippen LogP contribution in [0.25, 0.3) is 11.1 Å². The summed E-state index contributed by atoms with van der Waals surface area (Å²) in [6, 6.07) is 23.4. The van der Waals surface area contributed by atoms with E-state index in [9.17, 15) is 0 Å². The van der Waals surface area contributed by atoms with E-state index in [1.165, 1.54) is 5.56 Å². The van der Waals surface area contributed by atoms with Crippen LogP contribution in [0.2, 0.25) is 0 Å². The normalized spacial score (nSPS) is 9.86. The third-order valence-electron chi connectivity index (χ3n) is 3.05. The van der Waals surface area contributed by atoms with E-state index in [4.69, 9.17) is 10.00 Å². The molecule has 3 aromatic rings. The number of ether oxygens (including phenoxy) is 1. The summed E-state index contributed by atoms with van der Waals surface area (Å²) < 4.78 is 5.70. The first-order chi connectivity index (χ1) is 10.3. The molecule has 3 heteroatoms. The van der Waals surface area contributed by atoms with Crippen molar-refractivity contribution in [3.63, 3.8) is 0 Å². The fourth-order valence-electron chi connectivity index (χ4n) is 1.99. The Morgan fingerprint density at radius 1 is 0.762 bits per heavy atom. The molecule has 0 saturated heterocycles. The van der Waals surface area contributed by atoms with Crippen LogP contribution in [0.1, 0.15) is 5.69 Å². The molecule has 0 atom stereocenters. The lowest BCUT2D eigenvalue weighted by atomic mass is 10.1.